The summed E-state index contributed by atoms with van der Waals surface area (Å²) in [5, 5.41) is 2.97. The van der Waals surface area contributed by atoms with Crippen molar-refractivity contribution < 1.29 is 9.53 Å². The summed E-state index contributed by atoms with van der Waals surface area (Å²) < 4.78 is 6.49. The molecule has 1 aliphatic rings. The second-order valence-corrected chi connectivity index (χ2v) is 6.10. The van der Waals surface area contributed by atoms with Gasteiger partial charge in [0.25, 0.3) is 0 Å². The van der Waals surface area contributed by atoms with Gasteiger partial charge >= 0.3 is 0 Å². The third-order valence-corrected chi connectivity index (χ3v) is 4.08. The average molecular weight is 378 g/mol. The zero-order valence-electron chi connectivity index (χ0n) is 12.1. The lowest BCUT2D eigenvalue weighted by Crippen LogP contribution is -2.34. The van der Waals surface area contributed by atoms with E-state index in [1.807, 2.05) is 25.1 Å². The highest BCUT2D eigenvalue weighted by molar-refractivity contribution is 9.10. The highest BCUT2D eigenvalue weighted by atomic mass is 79.9. The van der Waals surface area contributed by atoms with E-state index in [2.05, 4.69) is 21.2 Å². The van der Waals surface area contributed by atoms with Crippen molar-refractivity contribution in [3.63, 3.8) is 0 Å². The van der Waals surface area contributed by atoms with Gasteiger partial charge in [0, 0.05) is 16.4 Å². The van der Waals surface area contributed by atoms with Gasteiger partial charge in [0.2, 0.25) is 5.91 Å². The lowest BCUT2D eigenvalue weighted by atomic mass is 9.85. The topological polar surface area (TPSA) is 64.3 Å². The van der Waals surface area contributed by atoms with Crippen LogP contribution in [0.15, 0.2) is 22.7 Å². The van der Waals surface area contributed by atoms with Crippen LogP contribution < -0.4 is 15.8 Å². The second-order valence-electron chi connectivity index (χ2n) is 5.19. The summed E-state index contributed by atoms with van der Waals surface area (Å²) in [6, 6.07) is 5.77. The van der Waals surface area contributed by atoms with Crippen LogP contribution in [0.1, 0.15) is 32.6 Å². The molecule has 1 saturated carbocycles. The highest BCUT2D eigenvalue weighted by Gasteiger charge is 2.25. The minimum atomic E-state index is 0. The van der Waals surface area contributed by atoms with Gasteiger partial charge in [-0.05, 0) is 44.4 Å². The molecule has 2 atom stereocenters. The Morgan fingerprint density at radius 1 is 1.48 bits per heavy atom. The summed E-state index contributed by atoms with van der Waals surface area (Å²) >= 11 is 3.41. The Balaban J connectivity index is 0.00000220. The standard InChI is InChI=1S/C15H21BrN2O2.ClH/c1-2-20-14-9-11(16)6-7-13(14)18-15(19)10-4-3-5-12(17)8-10;/h6-7,9-10,12H,2-5,8,17H2,1H3,(H,18,19);1H. The summed E-state index contributed by atoms with van der Waals surface area (Å²) in [5.41, 5.74) is 6.66. The zero-order chi connectivity index (χ0) is 14.5. The van der Waals surface area contributed by atoms with Gasteiger partial charge in [0.05, 0.1) is 12.3 Å². The normalized spacial score (nSPS) is 21.3. The molecule has 2 unspecified atom stereocenters. The molecule has 1 amide bonds. The van der Waals surface area contributed by atoms with Crippen molar-refractivity contribution in [2.45, 2.75) is 38.6 Å². The summed E-state index contributed by atoms with van der Waals surface area (Å²) in [6.45, 7) is 2.49. The first-order valence-corrected chi connectivity index (χ1v) is 7.88. The molecule has 1 aromatic carbocycles. The van der Waals surface area contributed by atoms with Crippen LogP contribution in [0.5, 0.6) is 5.75 Å². The van der Waals surface area contributed by atoms with Gasteiger partial charge in [-0.25, -0.2) is 0 Å². The van der Waals surface area contributed by atoms with E-state index in [0.717, 1.165) is 35.8 Å². The number of anilines is 1. The van der Waals surface area contributed by atoms with E-state index in [-0.39, 0.29) is 30.3 Å². The van der Waals surface area contributed by atoms with E-state index in [9.17, 15) is 4.79 Å². The van der Waals surface area contributed by atoms with E-state index < -0.39 is 0 Å². The van der Waals surface area contributed by atoms with Crippen LogP contribution in [-0.4, -0.2) is 18.6 Å². The summed E-state index contributed by atoms with van der Waals surface area (Å²) in [7, 11) is 0. The van der Waals surface area contributed by atoms with Crippen LogP contribution in [0.25, 0.3) is 0 Å². The molecule has 3 N–H and O–H groups in total. The fourth-order valence-electron chi connectivity index (χ4n) is 2.57. The molecule has 0 aromatic heterocycles. The first-order valence-electron chi connectivity index (χ1n) is 7.09. The maximum Gasteiger partial charge on any atom is 0.227 e. The van der Waals surface area contributed by atoms with Gasteiger partial charge < -0.3 is 15.8 Å². The number of halogens is 2. The predicted molar refractivity (Wildman–Crippen MR) is 91.1 cm³/mol. The smallest absolute Gasteiger partial charge is 0.227 e. The van der Waals surface area contributed by atoms with E-state index in [0.29, 0.717) is 12.4 Å². The molecule has 0 saturated heterocycles. The van der Waals surface area contributed by atoms with Gasteiger partial charge in [-0.1, -0.05) is 22.4 Å². The number of carbonyl (C=O) groups is 1. The second kappa shape index (κ2) is 8.61. The van der Waals surface area contributed by atoms with Crippen LogP contribution >= 0.6 is 28.3 Å². The largest absolute Gasteiger partial charge is 0.492 e. The Kier molecular flexibility index (Phi) is 7.49. The monoisotopic (exact) mass is 376 g/mol. The number of ether oxygens (including phenoxy) is 1. The molecule has 1 fully saturated rings. The molecule has 0 bridgehead atoms. The number of amides is 1. The summed E-state index contributed by atoms with van der Waals surface area (Å²) in [5.74, 6) is 0.746. The number of hydrogen-bond acceptors (Lipinski definition) is 3. The van der Waals surface area contributed by atoms with Gasteiger partial charge in [0.1, 0.15) is 5.75 Å². The lowest BCUT2D eigenvalue weighted by Gasteiger charge is -2.26. The summed E-state index contributed by atoms with van der Waals surface area (Å²) in [6.07, 6.45) is 3.73. The molecule has 1 aromatic rings. The van der Waals surface area contributed by atoms with Crippen LogP contribution in [0, 0.1) is 5.92 Å². The Hall–Kier alpha value is -0.780. The number of carbonyl (C=O) groups excluding carboxylic acids is 1. The Labute approximate surface area is 140 Å². The van der Waals surface area contributed by atoms with Crippen LogP contribution in [-0.2, 0) is 4.79 Å². The van der Waals surface area contributed by atoms with Crippen molar-refractivity contribution in [3.05, 3.63) is 22.7 Å². The maximum atomic E-state index is 12.3. The molecule has 4 nitrogen and oxygen atoms in total. The predicted octanol–water partition coefficient (Wildman–Crippen LogP) is 3.73. The Morgan fingerprint density at radius 2 is 2.24 bits per heavy atom. The molecular formula is C15H22BrClN2O2. The maximum absolute atomic E-state index is 12.3. The highest BCUT2D eigenvalue weighted by Crippen LogP contribution is 2.30. The summed E-state index contributed by atoms with van der Waals surface area (Å²) in [4.78, 5) is 12.3. The van der Waals surface area contributed by atoms with Crippen LogP contribution in [0.4, 0.5) is 5.69 Å². The average Bonchev–Trinajstić information content (AvgIpc) is 2.42. The van der Waals surface area contributed by atoms with Crippen molar-refractivity contribution in [1.29, 1.82) is 0 Å². The number of benzene rings is 1. The van der Waals surface area contributed by atoms with E-state index >= 15 is 0 Å². The molecule has 118 valence electrons. The van der Waals surface area contributed by atoms with Gasteiger partial charge in [0.15, 0.2) is 0 Å². The fraction of sp³-hybridized carbons (Fsp3) is 0.533. The molecule has 0 spiro atoms. The SMILES string of the molecule is CCOc1cc(Br)ccc1NC(=O)C1CCCC(N)C1.Cl. The van der Waals surface area contributed by atoms with Gasteiger partial charge in [-0.3, -0.25) is 4.79 Å². The van der Waals surface area contributed by atoms with Crippen molar-refractivity contribution >= 4 is 39.9 Å². The first kappa shape index (κ1) is 18.3. The molecule has 0 aliphatic heterocycles. The Bertz CT molecular complexity index is 485. The number of nitrogens with one attached hydrogen (secondary N) is 1. The Morgan fingerprint density at radius 3 is 2.90 bits per heavy atom. The number of nitrogens with two attached hydrogens (primary N) is 1. The van der Waals surface area contributed by atoms with Gasteiger partial charge in [-0.15, -0.1) is 12.4 Å². The van der Waals surface area contributed by atoms with Crippen molar-refractivity contribution in [2.75, 3.05) is 11.9 Å². The van der Waals surface area contributed by atoms with Crippen molar-refractivity contribution in [1.82, 2.24) is 0 Å². The van der Waals surface area contributed by atoms with Crippen molar-refractivity contribution in [2.24, 2.45) is 11.7 Å². The third kappa shape index (κ3) is 5.16. The lowest BCUT2D eigenvalue weighted by molar-refractivity contribution is -0.120. The molecule has 0 heterocycles. The van der Waals surface area contributed by atoms with E-state index in [1.54, 1.807) is 0 Å². The van der Waals surface area contributed by atoms with E-state index in [1.165, 1.54) is 0 Å². The fourth-order valence-corrected chi connectivity index (χ4v) is 2.91. The molecule has 21 heavy (non-hydrogen) atoms. The molecule has 1 aliphatic carbocycles. The molecular weight excluding hydrogens is 356 g/mol. The molecule has 0 radical (unpaired) electrons. The number of rotatable bonds is 4. The third-order valence-electron chi connectivity index (χ3n) is 3.59. The minimum Gasteiger partial charge on any atom is -0.492 e. The molecule has 2 rings (SSSR count). The minimum absolute atomic E-state index is 0. The van der Waals surface area contributed by atoms with Crippen LogP contribution in [0.2, 0.25) is 0 Å². The number of hydrogen-bond donors (Lipinski definition) is 2. The quantitative estimate of drug-likeness (QED) is 0.840. The van der Waals surface area contributed by atoms with Crippen molar-refractivity contribution in [3.8, 4) is 5.75 Å². The van der Waals surface area contributed by atoms with Gasteiger partial charge in [-0.2, -0.15) is 0 Å². The van der Waals surface area contributed by atoms with E-state index in [4.69, 9.17) is 10.5 Å². The molecule has 6 heteroatoms. The van der Waals surface area contributed by atoms with Crippen LogP contribution in [0.3, 0.4) is 0 Å². The first-order chi connectivity index (χ1) is 9.60. The zero-order valence-corrected chi connectivity index (χ0v) is 14.5.